The molecule has 2 aromatic rings. The number of hydrogen-bond donors (Lipinski definition) is 1. The summed E-state index contributed by atoms with van der Waals surface area (Å²) >= 11 is 4.95. The van der Waals surface area contributed by atoms with E-state index < -0.39 is 16.1 Å². The second kappa shape index (κ2) is 9.60. The molecule has 3 rings (SSSR count). The minimum atomic E-state index is -3.47. The molecule has 148 valence electrons. The molecular formula is C18H23BrN2O4S2. The Balaban J connectivity index is 1.43. The molecule has 0 aliphatic carbocycles. The molecule has 0 saturated carbocycles. The van der Waals surface area contributed by atoms with Gasteiger partial charge in [0, 0.05) is 42.1 Å². The Bertz CT molecular complexity index is 804. The molecule has 1 N–H and O–H groups in total. The van der Waals surface area contributed by atoms with Crippen LogP contribution < -0.4 is 0 Å². The number of thiophene rings is 1. The highest BCUT2D eigenvalue weighted by atomic mass is 79.9. The van der Waals surface area contributed by atoms with Crippen molar-refractivity contribution in [2.45, 2.75) is 17.6 Å². The van der Waals surface area contributed by atoms with Crippen LogP contribution in [0, 0.1) is 0 Å². The summed E-state index contributed by atoms with van der Waals surface area (Å²) in [5, 5.41) is 12.2. The smallest absolute Gasteiger partial charge is 0.243 e. The average Bonchev–Trinajstić information content (AvgIpc) is 3.16. The lowest BCUT2D eigenvalue weighted by molar-refractivity contribution is 0.00611. The van der Waals surface area contributed by atoms with Crippen molar-refractivity contribution in [3.8, 4) is 0 Å². The summed E-state index contributed by atoms with van der Waals surface area (Å²) in [6.45, 7) is 3.29. The zero-order chi connectivity index (χ0) is 19.3. The highest BCUT2D eigenvalue weighted by Crippen LogP contribution is 2.20. The van der Waals surface area contributed by atoms with Crippen molar-refractivity contribution in [3.05, 3.63) is 51.1 Å². The lowest BCUT2D eigenvalue weighted by Gasteiger charge is -2.34. The predicted octanol–water partition coefficient (Wildman–Crippen LogP) is 2.39. The van der Waals surface area contributed by atoms with Crippen molar-refractivity contribution in [1.82, 2.24) is 9.21 Å². The molecule has 1 unspecified atom stereocenters. The molecule has 0 radical (unpaired) electrons. The van der Waals surface area contributed by atoms with E-state index in [-0.39, 0.29) is 6.61 Å². The normalized spacial score (nSPS) is 17.9. The number of hydrogen-bond acceptors (Lipinski definition) is 6. The molecule has 0 amide bonds. The summed E-state index contributed by atoms with van der Waals surface area (Å²) in [5.74, 6) is 0. The number of benzene rings is 1. The lowest BCUT2D eigenvalue weighted by Crippen LogP contribution is -2.50. The maximum absolute atomic E-state index is 12.7. The fraction of sp³-hybridized carbons (Fsp3) is 0.444. The van der Waals surface area contributed by atoms with Crippen LogP contribution >= 0.6 is 27.3 Å². The van der Waals surface area contributed by atoms with Crippen LogP contribution in [0.1, 0.15) is 4.88 Å². The van der Waals surface area contributed by atoms with Crippen LogP contribution in [-0.4, -0.2) is 68.2 Å². The van der Waals surface area contributed by atoms with Crippen LogP contribution in [0.3, 0.4) is 0 Å². The number of halogens is 1. The maximum atomic E-state index is 12.7. The Morgan fingerprint density at radius 3 is 2.48 bits per heavy atom. The highest BCUT2D eigenvalue weighted by molar-refractivity contribution is 9.10. The largest absolute Gasteiger partial charge is 0.389 e. The minimum absolute atomic E-state index is 0.273. The number of β-amino-alcohol motifs (C(OH)–C–C–N with tert-alkyl or cyclic N) is 1. The monoisotopic (exact) mass is 474 g/mol. The standard InChI is InChI=1S/C18H23BrN2O4S2/c19-15-3-5-18(6-4-15)27(23,24)21-9-7-20(8-10-21)12-16(22)13-25-14-17-2-1-11-26-17/h1-6,11,16,22H,7-10,12-14H2. The van der Waals surface area contributed by atoms with Crippen molar-refractivity contribution in [3.63, 3.8) is 0 Å². The molecule has 1 aliphatic heterocycles. The summed E-state index contributed by atoms with van der Waals surface area (Å²) < 4.78 is 33.3. The van der Waals surface area contributed by atoms with E-state index in [1.54, 1.807) is 35.6 Å². The van der Waals surface area contributed by atoms with Crippen LogP contribution in [0.5, 0.6) is 0 Å². The van der Waals surface area contributed by atoms with Crippen molar-refractivity contribution in [1.29, 1.82) is 0 Å². The molecule has 27 heavy (non-hydrogen) atoms. The third kappa shape index (κ3) is 5.83. The second-order valence-corrected chi connectivity index (χ2v) is 10.3. The van der Waals surface area contributed by atoms with Gasteiger partial charge in [0.05, 0.1) is 24.2 Å². The summed E-state index contributed by atoms with van der Waals surface area (Å²) in [5.41, 5.74) is 0. The van der Waals surface area contributed by atoms with E-state index in [0.717, 1.165) is 9.35 Å². The summed E-state index contributed by atoms with van der Waals surface area (Å²) in [4.78, 5) is 3.52. The number of sulfonamides is 1. The van der Waals surface area contributed by atoms with Gasteiger partial charge in [-0.1, -0.05) is 22.0 Å². The minimum Gasteiger partial charge on any atom is -0.389 e. The highest BCUT2D eigenvalue weighted by Gasteiger charge is 2.29. The molecule has 0 bridgehead atoms. The molecule has 1 aromatic carbocycles. The quantitative estimate of drug-likeness (QED) is 0.635. The number of nitrogens with zero attached hydrogens (tertiary/aromatic N) is 2. The fourth-order valence-electron chi connectivity index (χ4n) is 2.95. The van der Waals surface area contributed by atoms with Gasteiger partial charge < -0.3 is 9.84 Å². The first-order valence-electron chi connectivity index (χ1n) is 8.71. The van der Waals surface area contributed by atoms with Crippen LogP contribution in [0.2, 0.25) is 0 Å². The Hall–Kier alpha value is -0.810. The van der Waals surface area contributed by atoms with Gasteiger partial charge in [0.25, 0.3) is 0 Å². The van der Waals surface area contributed by atoms with Gasteiger partial charge in [0.1, 0.15) is 0 Å². The third-order valence-corrected chi connectivity index (χ3v) is 7.68. The van der Waals surface area contributed by atoms with E-state index in [2.05, 4.69) is 20.8 Å². The van der Waals surface area contributed by atoms with Crippen LogP contribution in [0.25, 0.3) is 0 Å². The molecule has 0 spiro atoms. The van der Waals surface area contributed by atoms with E-state index in [1.807, 2.05) is 17.5 Å². The van der Waals surface area contributed by atoms with Gasteiger partial charge >= 0.3 is 0 Å². The Morgan fingerprint density at radius 2 is 1.85 bits per heavy atom. The SMILES string of the molecule is O=S(=O)(c1ccc(Br)cc1)N1CCN(CC(O)COCc2cccs2)CC1. The molecule has 1 saturated heterocycles. The van der Waals surface area contributed by atoms with Gasteiger partial charge in [-0.05, 0) is 35.7 Å². The van der Waals surface area contributed by atoms with E-state index >= 15 is 0 Å². The molecule has 1 aliphatic rings. The Labute approximate surface area is 172 Å². The lowest BCUT2D eigenvalue weighted by atomic mass is 10.3. The average molecular weight is 475 g/mol. The first-order chi connectivity index (χ1) is 12.9. The van der Waals surface area contributed by atoms with E-state index in [4.69, 9.17) is 4.74 Å². The van der Waals surface area contributed by atoms with Crippen molar-refractivity contribution >= 4 is 37.3 Å². The number of piperazine rings is 1. The first-order valence-corrected chi connectivity index (χ1v) is 11.8. The molecule has 6 nitrogen and oxygen atoms in total. The van der Waals surface area contributed by atoms with Crippen LogP contribution in [-0.2, 0) is 21.4 Å². The molecule has 2 heterocycles. The molecular weight excluding hydrogens is 452 g/mol. The van der Waals surface area contributed by atoms with Crippen LogP contribution in [0.15, 0.2) is 51.1 Å². The van der Waals surface area contributed by atoms with E-state index in [9.17, 15) is 13.5 Å². The second-order valence-electron chi connectivity index (χ2n) is 6.41. The number of rotatable bonds is 8. The zero-order valence-electron chi connectivity index (χ0n) is 14.8. The summed E-state index contributed by atoms with van der Waals surface area (Å²) in [6.07, 6.45) is -0.584. The van der Waals surface area contributed by atoms with E-state index in [0.29, 0.717) is 44.2 Å². The topological polar surface area (TPSA) is 70.1 Å². The van der Waals surface area contributed by atoms with Gasteiger partial charge in [-0.2, -0.15) is 4.31 Å². The maximum Gasteiger partial charge on any atom is 0.243 e. The zero-order valence-corrected chi connectivity index (χ0v) is 18.0. The fourth-order valence-corrected chi connectivity index (χ4v) is 5.28. The number of ether oxygens (including phenoxy) is 1. The molecule has 1 aromatic heterocycles. The molecule has 9 heteroatoms. The Morgan fingerprint density at radius 1 is 1.15 bits per heavy atom. The number of aliphatic hydroxyl groups excluding tert-OH is 1. The van der Waals surface area contributed by atoms with Gasteiger partial charge in [0.2, 0.25) is 10.0 Å². The van der Waals surface area contributed by atoms with Gasteiger partial charge in [0.15, 0.2) is 0 Å². The van der Waals surface area contributed by atoms with Crippen LogP contribution in [0.4, 0.5) is 0 Å². The van der Waals surface area contributed by atoms with Crippen molar-refractivity contribution < 1.29 is 18.3 Å². The number of aliphatic hydroxyl groups is 1. The van der Waals surface area contributed by atoms with Gasteiger partial charge in [-0.15, -0.1) is 11.3 Å². The summed E-state index contributed by atoms with van der Waals surface area (Å²) in [6, 6.07) is 10.7. The van der Waals surface area contributed by atoms with Crippen molar-refractivity contribution in [2.75, 3.05) is 39.3 Å². The van der Waals surface area contributed by atoms with Gasteiger partial charge in [-0.25, -0.2) is 8.42 Å². The molecule has 1 fully saturated rings. The first kappa shape index (κ1) is 20.9. The Kier molecular flexibility index (Phi) is 7.43. The summed E-state index contributed by atoms with van der Waals surface area (Å²) in [7, 11) is -3.47. The van der Waals surface area contributed by atoms with E-state index in [1.165, 1.54) is 4.31 Å². The predicted molar refractivity (Wildman–Crippen MR) is 109 cm³/mol. The molecule has 1 atom stereocenters. The third-order valence-electron chi connectivity index (χ3n) is 4.39. The van der Waals surface area contributed by atoms with Crippen molar-refractivity contribution in [2.24, 2.45) is 0 Å². The van der Waals surface area contributed by atoms with Gasteiger partial charge in [-0.3, -0.25) is 4.90 Å².